The minimum absolute atomic E-state index is 0.398. The molecular formula is C12H14ClNO2. The van der Waals surface area contributed by atoms with Crippen LogP contribution in [0.4, 0.5) is 0 Å². The highest BCUT2D eigenvalue weighted by Crippen LogP contribution is 2.22. The first kappa shape index (κ1) is 12.8. The van der Waals surface area contributed by atoms with E-state index >= 15 is 0 Å². The van der Waals surface area contributed by atoms with Crippen molar-refractivity contribution in [3.63, 3.8) is 0 Å². The van der Waals surface area contributed by atoms with Gasteiger partial charge in [-0.15, -0.1) is 0 Å². The van der Waals surface area contributed by atoms with E-state index in [2.05, 4.69) is 17.8 Å². The predicted octanol–water partition coefficient (Wildman–Crippen LogP) is 2.78. The maximum atomic E-state index is 10.7. The third-order valence-corrected chi connectivity index (χ3v) is 2.49. The quantitative estimate of drug-likeness (QED) is 0.606. The summed E-state index contributed by atoms with van der Waals surface area (Å²) in [5.41, 5.74) is 0.648. The van der Waals surface area contributed by atoms with Gasteiger partial charge in [-0.05, 0) is 24.4 Å². The normalized spacial score (nSPS) is 19.0. The lowest BCUT2D eigenvalue weighted by molar-refractivity contribution is -0.138. The van der Waals surface area contributed by atoms with Crippen molar-refractivity contribution in [1.29, 1.82) is 0 Å². The van der Waals surface area contributed by atoms with Gasteiger partial charge in [-0.2, -0.15) is 0 Å². The molecule has 0 aliphatic heterocycles. The van der Waals surface area contributed by atoms with Gasteiger partial charge >= 0.3 is 5.97 Å². The van der Waals surface area contributed by atoms with Gasteiger partial charge in [0.2, 0.25) is 0 Å². The Morgan fingerprint density at radius 2 is 2.44 bits per heavy atom. The van der Waals surface area contributed by atoms with E-state index in [1.807, 2.05) is 0 Å². The van der Waals surface area contributed by atoms with Gasteiger partial charge in [0.1, 0.15) is 0 Å². The molecule has 0 fully saturated rings. The van der Waals surface area contributed by atoms with Gasteiger partial charge in [0.05, 0.1) is 16.5 Å². The summed E-state index contributed by atoms with van der Waals surface area (Å²) in [6.45, 7) is 2.81. The minimum atomic E-state index is -0.906. The second kappa shape index (κ2) is 6.31. The zero-order valence-corrected chi connectivity index (χ0v) is 9.87. The lowest BCUT2D eigenvalue weighted by Crippen LogP contribution is -2.10. The number of carboxylic acid groups (broad SMARTS) is 1. The Morgan fingerprint density at radius 3 is 3.00 bits per heavy atom. The molecule has 0 heterocycles. The molecule has 0 spiro atoms. The zero-order chi connectivity index (χ0) is 12.0. The third-order valence-electron chi connectivity index (χ3n) is 2.16. The molecule has 16 heavy (non-hydrogen) atoms. The van der Waals surface area contributed by atoms with Crippen LogP contribution >= 0.6 is 11.6 Å². The largest absolute Gasteiger partial charge is 0.481 e. The minimum Gasteiger partial charge on any atom is -0.481 e. The molecule has 1 aliphatic rings. The SMILES string of the molecule is CCCCN=C=C1C=CC(C(=O)O)C=C1Cl. The van der Waals surface area contributed by atoms with Gasteiger partial charge in [0.15, 0.2) is 0 Å². The Kier molecular flexibility index (Phi) is 5.03. The van der Waals surface area contributed by atoms with Crippen molar-refractivity contribution in [2.45, 2.75) is 19.8 Å². The zero-order valence-electron chi connectivity index (χ0n) is 9.11. The summed E-state index contributed by atoms with van der Waals surface area (Å²) in [6, 6.07) is 0. The van der Waals surface area contributed by atoms with Gasteiger partial charge in [0, 0.05) is 6.54 Å². The molecule has 0 aromatic rings. The standard InChI is InChI=1S/C12H14ClNO2/c1-2-3-6-14-8-10-5-4-9(12(15)16)7-11(10)13/h4-5,7,9H,2-3,6H2,1H3,(H,15,16). The average Bonchev–Trinajstić information content (AvgIpc) is 2.26. The fourth-order valence-electron chi connectivity index (χ4n) is 1.21. The number of carboxylic acids is 1. The molecule has 0 amide bonds. The first-order valence-corrected chi connectivity index (χ1v) is 5.61. The maximum Gasteiger partial charge on any atom is 0.314 e. The Balaban J connectivity index is 2.73. The van der Waals surface area contributed by atoms with E-state index in [9.17, 15) is 4.79 Å². The van der Waals surface area contributed by atoms with E-state index in [4.69, 9.17) is 16.7 Å². The number of hydrogen-bond acceptors (Lipinski definition) is 2. The maximum absolute atomic E-state index is 10.7. The molecule has 1 atom stereocenters. The molecule has 1 rings (SSSR count). The van der Waals surface area contributed by atoms with Crippen molar-refractivity contribution in [3.05, 3.63) is 28.8 Å². The monoisotopic (exact) mass is 239 g/mol. The lowest BCUT2D eigenvalue weighted by atomic mass is 10.0. The van der Waals surface area contributed by atoms with Crippen LogP contribution in [0.5, 0.6) is 0 Å². The van der Waals surface area contributed by atoms with Crippen molar-refractivity contribution in [3.8, 4) is 0 Å². The van der Waals surface area contributed by atoms with Gasteiger partial charge < -0.3 is 5.11 Å². The number of unbranched alkanes of at least 4 members (excludes halogenated alkanes) is 1. The molecule has 1 aliphatic carbocycles. The number of hydrogen-bond donors (Lipinski definition) is 1. The summed E-state index contributed by atoms with van der Waals surface area (Å²) in [4.78, 5) is 14.8. The Labute approximate surface area is 99.8 Å². The van der Waals surface area contributed by atoms with Crippen LogP contribution in [0.25, 0.3) is 0 Å². The van der Waals surface area contributed by atoms with Gasteiger partial charge in [0.25, 0.3) is 0 Å². The fourth-order valence-corrected chi connectivity index (χ4v) is 1.45. The summed E-state index contributed by atoms with van der Waals surface area (Å²) < 4.78 is 0. The molecular weight excluding hydrogens is 226 g/mol. The average molecular weight is 240 g/mol. The molecule has 3 nitrogen and oxygen atoms in total. The first-order chi connectivity index (χ1) is 7.65. The van der Waals surface area contributed by atoms with Crippen LogP contribution in [-0.2, 0) is 4.79 Å². The number of aliphatic carboxylic acids is 1. The van der Waals surface area contributed by atoms with Crippen LogP contribution in [0.15, 0.2) is 33.8 Å². The molecule has 0 aromatic heterocycles. The second-order valence-electron chi connectivity index (χ2n) is 3.50. The van der Waals surface area contributed by atoms with Crippen LogP contribution < -0.4 is 0 Å². The predicted molar refractivity (Wildman–Crippen MR) is 64.9 cm³/mol. The molecule has 4 heteroatoms. The number of allylic oxidation sites excluding steroid dienone is 3. The van der Waals surface area contributed by atoms with E-state index in [1.165, 1.54) is 6.08 Å². The topological polar surface area (TPSA) is 49.7 Å². The first-order valence-electron chi connectivity index (χ1n) is 5.23. The van der Waals surface area contributed by atoms with Gasteiger partial charge in [-0.25, -0.2) is 4.99 Å². The van der Waals surface area contributed by atoms with Crippen molar-refractivity contribution in [2.24, 2.45) is 10.9 Å². The van der Waals surface area contributed by atoms with E-state index in [0.29, 0.717) is 10.6 Å². The van der Waals surface area contributed by atoms with Crippen LogP contribution in [0.1, 0.15) is 19.8 Å². The summed E-state index contributed by atoms with van der Waals surface area (Å²) in [5.74, 6) is 1.28. The highest BCUT2D eigenvalue weighted by atomic mass is 35.5. The molecule has 0 bridgehead atoms. The molecule has 0 aromatic carbocycles. The Hall–Kier alpha value is -1.31. The van der Waals surface area contributed by atoms with Gasteiger partial charge in [-0.1, -0.05) is 31.0 Å². The molecule has 0 radical (unpaired) electrons. The number of halogens is 1. The smallest absolute Gasteiger partial charge is 0.314 e. The fraction of sp³-hybridized carbons (Fsp3) is 0.417. The molecule has 0 saturated heterocycles. The van der Waals surface area contributed by atoms with E-state index in [0.717, 1.165) is 19.4 Å². The number of nitrogens with zero attached hydrogens (tertiary/aromatic N) is 1. The van der Waals surface area contributed by atoms with Crippen LogP contribution in [0.2, 0.25) is 0 Å². The highest BCUT2D eigenvalue weighted by Gasteiger charge is 2.16. The molecule has 86 valence electrons. The van der Waals surface area contributed by atoms with Gasteiger partial charge in [-0.3, -0.25) is 4.79 Å². The summed E-state index contributed by atoms with van der Waals surface area (Å²) in [5, 5.41) is 9.18. The van der Waals surface area contributed by atoms with Crippen LogP contribution in [0, 0.1) is 5.92 Å². The van der Waals surface area contributed by atoms with Crippen molar-refractivity contribution < 1.29 is 9.90 Å². The van der Waals surface area contributed by atoms with Crippen molar-refractivity contribution in [2.75, 3.05) is 6.54 Å². The lowest BCUT2D eigenvalue weighted by Gasteiger charge is -2.08. The third kappa shape index (κ3) is 3.69. The molecule has 1 unspecified atom stereocenters. The highest BCUT2D eigenvalue weighted by molar-refractivity contribution is 6.33. The van der Waals surface area contributed by atoms with E-state index < -0.39 is 11.9 Å². The number of carbonyl (C=O) groups is 1. The van der Waals surface area contributed by atoms with Crippen molar-refractivity contribution >= 4 is 23.4 Å². The second-order valence-corrected chi connectivity index (χ2v) is 3.91. The molecule has 0 saturated carbocycles. The number of aliphatic imine (C=N–C) groups is 1. The molecule has 1 N–H and O–H groups in total. The van der Waals surface area contributed by atoms with E-state index in [-0.39, 0.29) is 0 Å². The van der Waals surface area contributed by atoms with Crippen LogP contribution in [0.3, 0.4) is 0 Å². The summed E-state index contributed by atoms with van der Waals surface area (Å²) >= 11 is 5.92. The Bertz CT molecular complexity index is 390. The van der Waals surface area contributed by atoms with Crippen molar-refractivity contribution in [1.82, 2.24) is 0 Å². The Morgan fingerprint density at radius 1 is 1.69 bits per heavy atom. The van der Waals surface area contributed by atoms with E-state index in [1.54, 1.807) is 12.2 Å². The van der Waals surface area contributed by atoms with Crippen LogP contribution in [-0.4, -0.2) is 23.5 Å². The number of rotatable bonds is 4. The summed E-state index contributed by atoms with van der Waals surface area (Å²) in [7, 11) is 0. The summed E-state index contributed by atoms with van der Waals surface area (Å²) in [6.07, 6.45) is 6.81.